The molecule has 1 fully saturated rings. The molecule has 1 aliphatic carbocycles. The van der Waals surface area contributed by atoms with Crippen LogP contribution in [0.15, 0.2) is 18.6 Å². The highest BCUT2D eigenvalue weighted by Gasteiger charge is 2.31. The van der Waals surface area contributed by atoms with E-state index in [2.05, 4.69) is 20.2 Å². The third-order valence-corrected chi connectivity index (χ3v) is 4.42. The number of fused-ring (bicyclic) bond motifs is 1. The molecular formula is C15H18N6O. The molecule has 2 aromatic rings. The summed E-state index contributed by atoms with van der Waals surface area (Å²) in [5, 5.41) is 2.87. The number of amides is 1. The first-order chi connectivity index (χ1) is 10.7. The second kappa shape index (κ2) is 5.08. The van der Waals surface area contributed by atoms with E-state index in [-0.39, 0.29) is 5.91 Å². The summed E-state index contributed by atoms with van der Waals surface area (Å²) in [6, 6.07) is 0.399. The third kappa shape index (κ3) is 2.13. The fourth-order valence-corrected chi connectivity index (χ4v) is 3.31. The van der Waals surface area contributed by atoms with Gasteiger partial charge in [-0.2, -0.15) is 4.98 Å². The topological polar surface area (TPSA) is 75.9 Å². The van der Waals surface area contributed by atoms with Gasteiger partial charge in [-0.1, -0.05) is 12.8 Å². The summed E-state index contributed by atoms with van der Waals surface area (Å²) in [5.41, 5.74) is 0.699. The van der Waals surface area contributed by atoms with E-state index in [4.69, 9.17) is 4.98 Å². The van der Waals surface area contributed by atoms with Gasteiger partial charge in [-0.05, 0) is 19.8 Å². The van der Waals surface area contributed by atoms with Crippen molar-refractivity contribution in [2.75, 3.05) is 16.8 Å². The number of rotatable bonds is 2. The van der Waals surface area contributed by atoms with Crippen molar-refractivity contribution in [2.45, 2.75) is 38.6 Å². The zero-order valence-electron chi connectivity index (χ0n) is 12.5. The van der Waals surface area contributed by atoms with Crippen LogP contribution >= 0.6 is 0 Å². The molecular weight excluding hydrogens is 280 g/mol. The van der Waals surface area contributed by atoms with Gasteiger partial charge in [0.1, 0.15) is 11.5 Å². The minimum absolute atomic E-state index is 0.00885. The van der Waals surface area contributed by atoms with Crippen LogP contribution in [0.4, 0.5) is 11.5 Å². The molecule has 4 rings (SSSR count). The molecule has 0 spiro atoms. The molecule has 3 heterocycles. The molecule has 0 atom stereocenters. The number of carbonyl (C=O) groups is 1. The average molecular weight is 298 g/mol. The van der Waals surface area contributed by atoms with Gasteiger partial charge >= 0.3 is 0 Å². The highest BCUT2D eigenvalue weighted by Crippen LogP contribution is 2.34. The Morgan fingerprint density at radius 2 is 2.09 bits per heavy atom. The molecule has 0 bridgehead atoms. The van der Waals surface area contributed by atoms with E-state index in [1.165, 1.54) is 12.8 Å². The summed E-state index contributed by atoms with van der Waals surface area (Å²) in [6.45, 7) is 2.29. The Balaban J connectivity index is 1.77. The van der Waals surface area contributed by atoms with Gasteiger partial charge in [0, 0.05) is 18.4 Å². The molecule has 7 nitrogen and oxygen atoms in total. The SMILES string of the molecule is Cc1nccn1-c1ncc2c(n1)N(C1CCCC1)CC(=O)N2. The second-order valence-corrected chi connectivity index (χ2v) is 5.87. The fourth-order valence-electron chi connectivity index (χ4n) is 3.31. The number of nitrogens with zero attached hydrogens (tertiary/aromatic N) is 5. The third-order valence-electron chi connectivity index (χ3n) is 4.42. The Bertz CT molecular complexity index is 719. The zero-order chi connectivity index (χ0) is 15.1. The van der Waals surface area contributed by atoms with Crippen LogP contribution in [0, 0.1) is 6.92 Å². The number of carbonyl (C=O) groups excluding carboxylic acids is 1. The number of aromatic nitrogens is 4. The van der Waals surface area contributed by atoms with Crippen molar-refractivity contribution < 1.29 is 4.79 Å². The van der Waals surface area contributed by atoms with E-state index in [1.54, 1.807) is 12.4 Å². The van der Waals surface area contributed by atoms with Crippen molar-refractivity contribution in [3.8, 4) is 5.95 Å². The van der Waals surface area contributed by atoms with Crippen LogP contribution in [-0.4, -0.2) is 38.0 Å². The maximum atomic E-state index is 11.9. The Kier molecular flexibility index (Phi) is 3.06. The van der Waals surface area contributed by atoms with Gasteiger partial charge in [-0.3, -0.25) is 9.36 Å². The lowest BCUT2D eigenvalue weighted by Crippen LogP contribution is -2.44. The summed E-state index contributed by atoms with van der Waals surface area (Å²) in [5.74, 6) is 2.26. The largest absolute Gasteiger partial charge is 0.342 e. The maximum Gasteiger partial charge on any atom is 0.244 e. The molecule has 1 amide bonds. The van der Waals surface area contributed by atoms with Gasteiger partial charge in [-0.15, -0.1) is 0 Å². The zero-order valence-corrected chi connectivity index (χ0v) is 12.5. The predicted octanol–water partition coefficient (Wildman–Crippen LogP) is 1.67. The van der Waals surface area contributed by atoms with Crippen LogP contribution in [-0.2, 0) is 4.79 Å². The summed E-state index contributed by atoms with van der Waals surface area (Å²) < 4.78 is 1.85. The lowest BCUT2D eigenvalue weighted by molar-refractivity contribution is -0.115. The fraction of sp³-hybridized carbons (Fsp3) is 0.467. The van der Waals surface area contributed by atoms with E-state index in [0.717, 1.165) is 24.5 Å². The maximum absolute atomic E-state index is 11.9. The smallest absolute Gasteiger partial charge is 0.244 e. The van der Waals surface area contributed by atoms with E-state index in [9.17, 15) is 4.79 Å². The second-order valence-electron chi connectivity index (χ2n) is 5.87. The van der Waals surface area contributed by atoms with Crippen LogP contribution in [0.5, 0.6) is 0 Å². The first-order valence-corrected chi connectivity index (χ1v) is 7.66. The van der Waals surface area contributed by atoms with Crippen LogP contribution in [0.25, 0.3) is 5.95 Å². The molecule has 2 aromatic heterocycles. The van der Waals surface area contributed by atoms with Crippen LogP contribution in [0.3, 0.4) is 0 Å². The van der Waals surface area contributed by atoms with Crippen molar-refractivity contribution in [1.29, 1.82) is 0 Å². The highest BCUT2D eigenvalue weighted by molar-refractivity contribution is 6.00. The molecule has 7 heteroatoms. The van der Waals surface area contributed by atoms with Crippen LogP contribution in [0.2, 0.25) is 0 Å². The Morgan fingerprint density at radius 1 is 1.27 bits per heavy atom. The molecule has 0 saturated heterocycles. The molecule has 0 radical (unpaired) electrons. The first kappa shape index (κ1) is 13.2. The molecule has 1 N–H and O–H groups in total. The van der Waals surface area contributed by atoms with E-state index in [1.807, 2.05) is 17.7 Å². The first-order valence-electron chi connectivity index (χ1n) is 7.66. The van der Waals surface area contributed by atoms with Crippen molar-refractivity contribution in [3.63, 3.8) is 0 Å². The number of anilines is 2. The lowest BCUT2D eigenvalue weighted by atomic mass is 10.2. The van der Waals surface area contributed by atoms with Crippen molar-refractivity contribution in [3.05, 3.63) is 24.4 Å². The van der Waals surface area contributed by atoms with Gasteiger partial charge in [-0.25, -0.2) is 9.97 Å². The number of aryl methyl sites for hydroxylation is 1. The quantitative estimate of drug-likeness (QED) is 0.912. The lowest BCUT2D eigenvalue weighted by Gasteiger charge is -2.34. The summed E-state index contributed by atoms with van der Waals surface area (Å²) in [7, 11) is 0. The Morgan fingerprint density at radius 3 is 2.82 bits per heavy atom. The summed E-state index contributed by atoms with van der Waals surface area (Å²) >= 11 is 0. The molecule has 0 aromatic carbocycles. The van der Waals surface area contributed by atoms with Gasteiger partial charge in [0.15, 0.2) is 5.82 Å². The summed E-state index contributed by atoms with van der Waals surface area (Å²) in [4.78, 5) is 27.3. The van der Waals surface area contributed by atoms with Crippen LogP contribution < -0.4 is 10.2 Å². The summed E-state index contributed by atoms with van der Waals surface area (Å²) in [6.07, 6.45) is 9.95. The monoisotopic (exact) mass is 298 g/mol. The van der Waals surface area contributed by atoms with Gasteiger partial charge < -0.3 is 10.2 Å². The minimum atomic E-state index is 0.00885. The molecule has 1 saturated carbocycles. The van der Waals surface area contributed by atoms with Gasteiger partial charge in [0.25, 0.3) is 0 Å². The Hall–Kier alpha value is -2.44. The van der Waals surface area contributed by atoms with Crippen molar-refractivity contribution in [1.82, 2.24) is 19.5 Å². The average Bonchev–Trinajstić information content (AvgIpc) is 3.17. The number of nitrogens with one attached hydrogen (secondary N) is 1. The number of hydrogen-bond donors (Lipinski definition) is 1. The predicted molar refractivity (Wildman–Crippen MR) is 82.1 cm³/mol. The van der Waals surface area contributed by atoms with Crippen molar-refractivity contribution >= 4 is 17.4 Å². The van der Waals surface area contributed by atoms with E-state index < -0.39 is 0 Å². The van der Waals surface area contributed by atoms with Crippen LogP contribution in [0.1, 0.15) is 31.5 Å². The molecule has 0 unspecified atom stereocenters. The Labute approximate surface area is 128 Å². The molecule has 2 aliphatic rings. The van der Waals surface area contributed by atoms with E-state index >= 15 is 0 Å². The number of imidazole rings is 1. The van der Waals surface area contributed by atoms with Gasteiger partial charge in [0.05, 0.1) is 12.7 Å². The van der Waals surface area contributed by atoms with E-state index in [0.29, 0.717) is 24.2 Å². The van der Waals surface area contributed by atoms with Crippen molar-refractivity contribution in [2.24, 2.45) is 0 Å². The highest BCUT2D eigenvalue weighted by atomic mass is 16.2. The normalized spacial score (nSPS) is 18.4. The molecule has 22 heavy (non-hydrogen) atoms. The standard InChI is InChI=1S/C15H18N6O/c1-10-16-6-7-20(10)15-17-8-12-14(19-15)21(9-13(22)18-12)11-4-2-3-5-11/h6-8,11H,2-5,9H2,1H3,(H,18,22). The molecule has 1 aliphatic heterocycles. The van der Waals surface area contributed by atoms with Gasteiger partial charge in [0.2, 0.25) is 11.9 Å². The number of hydrogen-bond acceptors (Lipinski definition) is 5. The molecule has 114 valence electrons. The minimum Gasteiger partial charge on any atom is -0.342 e.